The van der Waals surface area contributed by atoms with Crippen molar-refractivity contribution in [2.75, 3.05) is 6.61 Å². The molecule has 0 aliphatic rings. The Labute approximate surface area is 124 Å². The first kappa shape index (κ1) is 16.0. The molecule has 118 valence electrons. The van der Waals surface area contributed by atoms with Crippen LogP contribution < -0.4 is 5.32 Å². The van der Waals surface area contributed by atoms with Crippen molar-refractivity contribution in [3.05, 3.63) is 53.1 Å². The van der Waals surface area contributed by atoms with Gasteiger partial charge in [-0.25, -0.2) is 13.2 Å². The van der Waals surface area contributed by atoms with Crippen LogP contribution in [-0.2, 0) is 6.54 Å². The molecule has 1 unspecified atom stereocenters. The summed E-state index contributed by atoms with van der Waals surface area (Å²) < 4.78 is 40.9. The number of halogens is 3. The number of nitrogens with zero attached hydrogens (tertiary/aromatic N) is 2. The van der Waals surface area contributed by atoms with Gasteiger partial charge in [-0.1, -0.05) is 0 Å². The third kappa shape index (κ3) is 3.28. The van der Waals surface area contributed by atoms with Crippen molar-refractivity contribution < 1.29 is 23.1 Å². The summed E-state index contributed by atoms with van der Waals surface area (Å²) in [4.78, 5) is 12.0. The topological polar surface area (TPSA) is 67.2 Å². The lowest BCUT2D eigenvalue weighted by Crippen LogP contribution is -2.30. The van der Waals surface area contributed by atoms with Gasteiger partial charge in [0, 0.05) is 12.7 Å². The van der Waals surface area contributed by atoms with E-state index in [-0.39, 0.29) is 11.1 Å². The quantitative estimate of drug-likeness (QED) is 0.827. The molecule has 1 aromatic heterocycles. The monoisotopic (exact) mass is 313 g/mol. The molecule has 0 aliphatic carbocycles. The van der Waals surface area contributed by atoms with Crippen molar-refractivity contribution in [1.82, 2.24) is 15.1 Å². The van der Waals surface area contributed by atoms with Gasteiger partial charge in [0.2, 0.25) is 0 Å². The molecular weight excluding hydrogens is 299 g/mol. The van der Waals surface area contributed by atoms with Gasteiger partial charge in [0.25, 0.3) is 5.91 Å². The predicted octanol–water partition coefficient (Wildman–Crippen LogP) is 1.78. The molecule has 0 bridgehead atoms. The van der Waals surface area contributed by atoms with Crippen molar-refractivity contribution in [2.24, 2.45) is 0 Å². The average Bonchev–Trinajstić information content (AvgIpc) is 2.98. The highest BCUT2D eigenvalue weighted by Gasteiger charge is 2.20. The zero-order valence-corrected chi connectivity index (χ0v) is 11.7. The standard InChI is InChI=1S/C14H14F3N3O2/c1-2-20-6-9(5-18-20)14(22)19-12(7-21)8-3-10(15)13(17)11(16)4-8/h3-6,12,21H,2,7H2,1H3,(H,19,22). The van der Waals surface area contributed by atoms with E-state index in [1.54, 1.807) is 0 Å². The number of aliphatic hydroxyl groups excluding tert-OH is 1. The summed E-state index contributed by atoms with van der Waals surface area (Å²) in [6.45, 7) is 1.82. The Morgan fingerprint density at radius 3 is 2.50 bits per heavy atom. The largest absolute Gasteiger partial charge is 0.394 e. The van der Waals surface area contributed by atoms with Gasteiger partial charge in [-0.15, -0.1) is 0 Å². The van der Waals surface area contributed by atoms with Crippen LogP contribution in [-0.4, -0.2) is 27.4 Å². The lowest BCUT2D eigenvalue weighted by molar-refractivity contribution is 0.0915. The number of aliphatic hydroxyl groups is 1. The highest BCUT2D eigenvalue weighted by Crippen LogP contribution is 2.19. The number of rotatable bonds is 5. The van der Waals surface area contributed by atoms with E-state index < -0.39 is 36.0 Å². The van der Waals surface area contributed by atoms with Crippen LogP contribution in [0.2, 0.25) is 0 Å². The molecule has 1 heterocycles. The second kappa shape index (κ2) is 6.61. The lowest BCUT2D eigenvalue weighted by Gasteiger charge is -2.16. The van der Waals surface area contributed by atoms with Crippen LogP contribution in [0.5, 0.6) is 0 Å². The molecule has 2 rings (SSSR count). The summed E-state index contributed by atoms with van der Waals surface area (Å²) in [5.41, 5.74) is 0.165. The molecule has 1 aromatic carbocycles. The second-order valence-corrected chi connectivity index (χ2v) is 4.59. The Hall–Kier alpha value is -2.35. The van der Waals surface area contributed by atoms with Gasteiger partial charge in [-0.2, -0.15) is 5.10 Å². The maximum atomic E-state index is 13.2. The number of benzene rings is 1. The number of carbonyl (C=O) groups is 1. The summed E-state index contributed by atoms with van der Waals surface area (Å²) in [5.74, 6) is -4.94. The smallest absolute Gasteiger partial charge is 0.255 e. The van der Waals surface area contributed by atoms with Gasteiger partial charge in [0.1, 0.15) is 0 Å². The van der Waals surface area contributed by atoms with Gasteiger partial charge < -0.3 is 10.4 Å². The second-order valence-electron chi connectivity index (χ2n) is 4.59. The van der Waals surface area contributed by atoms with Gasteiger partial charge in [-0.05, 0) is 24.6 Å². The normalized spacial score (nSPS) is 12.2. The zero-order valence-electron chi connectivity index (χ0n) is 11.7. The number of carbonyl (C=O) groups excluding carboxylic acids is 1. The molecule has 1 amide bonds. The average molecular weight is 313 g/mol. The van der Waals surface area contributed by atoms with Crippen molar-refractivity contribution in [2.45, 2.75) is 19.5 Å². The highest BCUT2D eigenvalue weighted by molar-refractivity contribution is 5.93. The number of hydrogen-bond donors (Lipinski definition) is 2. The molecule has 8 heteroatoms. The Balaban J connectivity index is 2.20. The molecular formula is C14H14F3N3O2. The number of nitrogens with one attached hydrogen (secondary N) is 1. The molecule has 22 heavy (non-hydrogen) atoms. The Bertz CT molecular complexity index is 665. The fourth-order valence-corrected chi connectivity index (χ4v) is 1.91. The van der Waals surface area contributed by atoms with E-state index in [1.807, 2.05) is 6.92 Å². The van der Waals surface area contributed by atoms with Crippen LogP contribution in [0.1, 0.15) is 28.9 Å². The van der Waals surface area contributed by atoms with E-state index in [9.17, 15) is 23.1 Å². The molecule has 2 aromatic rings. The van der Waals surface area contributed by atoms with Crippen LogP contribution in [0.3, 0.4) is 0 Å². The van der Waals surface area contributed by atoms with E-state index in [0.717, 1.165) is 12.1 Å². The maximum absolute atomic E-state index is 13.2. The third-order valence-electron chi connectivity index (χ3n) is 3.12. The minimum atomic E-state index is -1.60. The van der Waals surface area contributed by atoms with Crippen molar-refractivity contribution in [3.63, 3.8) is 0 Å². The van der Waals surface area contributed by atoms with E-state index in [2.05, 4.69) is 10.4 Å². The Kier molecular flexibility index (Phi) is 4.81. The zero-order chi connectivity index (χ0) is 16.3. The first-order valence-corrected chi connectivity index (χ1v) is 6.54. The fraction of sp³-hybridized carbons (Fsp3) is 0.286. The summed E-state index contributed by atoms with van der Waals surface area (Å²) in [7, 11) is 0. The van der Waals surface area contributed by atoms with Crippen LogP contribution in [0.15, 0.2) is 24.5 Å². The van der Waals surface area contributed by atoms with E-state index in [1.165, 1.54) is 17.1 Å². The van der Waals surface area contributed by atoms with Crippen molar-refractivity contribution in [1.29, 1.82) is 0 Å². The van der Waals surface area contributed by atoms with Crippen LogP contribution in [0.25, 0.3) is 0 Å². The Morgan fingerprint density at radius 2 is 2.00 bits per heavy atom. The first-order valence-electron chi connectivity index (χ1n) is 6.54. The van der Waals surface area contributed by atoms with Gasteiger partial charge in [0.15, 0.2) is 17.5 Å². The number of hydrogen-bond acceptors (Lipinski definition) is 3. The minimum Gasteiger partial charge on any atom is -0.394 e. The lowest BCUT2D eigenvalue weighted by atomic mass is 10.1. The van der Waals surface area contributed by atoms with E-state index in [0.29, 0.717) is 6.54 Å². The molecule has 0 fully saturated rings. The van der Waals surface area contributed by atoms with Crippen molar-refractivity contribution in [3.8, 4) is 0 Å². The van der Waals surface area contributed by atoms with Crippen LogP contribution >= 0.6 is 0 Å². The fourth-order valence-electron chi connectivity index (χ4n) is 1.91. The number of amides is 1. The Morgan fingerprint density at radius 1 is 1.36 bits per heavy atom. The third-order valence-corrected chi connectivity index (χ3v) is 3.12. The van der Waals surface area contributed by atoms with E-state index >= 15 is 0 Å². The molecule has 0 saturated carbocycles. The number of aryl methyl sites for hydroxylation is 1. The molecule has 0 aliphatic heterocycles. The predicted molar refractivity (Wildman–Crippen MR) is 71.5 cm³/mol. The molecule has 0 radical (unpaired) electrons. The molecule has 0 spiro atoms. The molecule has 1 atom stereocenters. The van der Waals surface area contributed by atoms with Crippen LogP contribution in [0.4, 0.5) is 13.2 Å². The maximum Gasteiger partial charge on any atom is 0.255 e. The SMILES string of the molecule is CCn1cc(C(=O)NC(CO)c2cc(F)c(F)c(F)c2)cn1. The summed E-state index contributed by atoms with van der Waals surface area (Å²) in [5, 5.41) is 15.6. The number of aromatic nitrogens is 2. The molecule has 5 nitrogen and oxygen atoms in total. The summed E-state index contributed by atoms with van der Waals surface area (Å²) >= 11 is 0. The summed E-state index contributed by atoms with van der Waals surface area (Å²) in [6.07, 6.45) is 2.83. The molecule has 2 N–H and O–H groups in total. The molecule has 0 saturated heterocycles. The minimum absolute atomic E-state index is 0.0740. The van der Waals surface area contributed by atoms with Crippen molar-refractivity contribution >= 4 is 5.91 Å². The highest BCUT2D eigenvalue weighted by atomic mass is 19.2. The van der Waals surface area contributed by atoms with E-state index in [4.69, 9.17) is 0 Å². The van der Waals surface area contributed by atoms with Gasteiger partial charge >= 0.3 is 0 Å². The van der Waals surface area contributed by atoms with Gasteiger partial charge in [-0.3, -0.25) is 9.48 Å². The summed E-state index contributed by atoms with van der Waals surface area (Å²) in [6, 6.07) is 0.395. The van der Waals surface area contributed by atoms with Crippen LogP contribution in [0, 0.1) is 17.5 Å². The first-order chi connectivity index (χ1) is 10.5. The van der Waals surface area contributed by atoms with Gasteiger partial charge in [0.05, 0.1) is 24.4 Å².